The van der Waals surface area contributed by atoms with E-state index in [4.69, 9.17) is 30.5 Å². The molecule has 9 heteroatoms. The normalized spacial score (nSPS) is 17.6. The third kappa shape index (κ3) is 3.56. The molecule has 0 spiro atoms. The van der Waals surface area contributed by atoms with Gasteiger partial charge in [-0.15, -0.1) is 0 Å². The number of nitrogens with zero attached hydrogens (tertiary/aromatic N) is 1. The van der Waals surface area contributed by atoms with Gasteiger partial charge in [-0.1, -0.05) is 29.0 Å². The molecule has 0 unspecified atom stereocenters. The molecule has 2 aromatic rings. The number of nitrogens with one attached hydrogen (secondary N) is 1. The molecule has 2 aliphatic rings. The molecule has 0 amide bonds. The summed E-state index contributed by atoms with van der Waals surface area (Å²) in [4.78, 5) is 16.3. The number of carbonyl (C=O) groups excluding carboxylic acids is 1. The number of benzene rings is 1. The van der Waals surface area contributed by atoms with Crippen molar-refractivity contribution in [1.82, 2.24) is 4.98 Å². The fourth-order valence-corrected chi connectivity index (χ4v) is 4.50. The van der Waals surface area contributed by atoms with Crippen LogP contribution in [0.15, 0.2) is 18.2 Å². The Balaban J connectivity index is 1.57. The van der Waals surface area contributed by atoms with Crippen LogP contribution in [0.1, 0.15) is 28.1 Å². The van der Waals surface area contributed by atoms with Crippen molar-refractivity contribution in [2.75, 3.05) is 39.0 Å². The minimum atomic E-state index is -0.484. The second-order valence-electron chi connectivity index (χ2n) is 6.44. The second-order valence-corrected chi connectivity index (χ2v) is 7.80. The van der Waals surface area contributed by atoms with Crippen LogP contribution in [-0.2, 0) is 14.9 Å². The van der Waals surface area contributed by atoms with Crippen LogP contribution in [0.5, 0.6) is 11.5 Å². The number of rotatable bonds is 5. The Morgan fingerprint density at radius 1 is 1.33 bits per heavy atom. The molecule has 1 aromatic heterocycles. The van der Waals surface area contributed by atoms with Crippen molar-refractivity contribution < 1.29 is 23.7 Å². The quantitative estimate of drug-likeness (QED) is 0.756. The van der Waals surface area contributed by atoms with Gasteiger partial charge in [-0.25, -0.2) is 9.78 Å². The lowest BCUT2D eigenvalue weighted by Crippen LogP contribution is -2.40. The highest BCUT2D eigenvalue weighted by atomic mass is 35.5. The minimum absolute atomic E-state index is 0.136. The molecule has 27 heavy (non-hydrogen) atoms. The Kier molecular flexibility index (Phi) is 5.12. The molecule has 1 aromatic carbocycles. The SMILES string of the molecule is COC(=O)c1sc(NCC2(c3ccc4c(c3)OCO4)CCOCC2)nc1Cl. The number of methoxy groups -OCH3 is 1. The highest BCUT2D eigenvalue weighted by molar-refractivity contribution is 7.18. The topological polar surface area (TPSA) is 78.9 Å². The molecule has 0 atom stereocenters. The lowest BCUT2D eigenvalue weighted by atomic mass is 9.74. The van der Waals surface area contributed by atoms with Crippen LogP contribution in [0.4, 0.5) is 5.13 Å². The van der Waals surface area contributed by atoms with Crippen molar-refractivity contribution in [3.63, 3.8) is 0 Å². The summed E-state index contributed by atoms with van der Waals surface area (Å²) >= 11 is 7.25. The number of esters is 1. The maximum Gasteiger partial charge on any atom is 0.351 e. The van der Waals surface area contributed by atoms with E-state index >= 15 is 0 Å². The fourth-order valence-electron chi connectivity index (χ4n) is 3.40. The fraction of sp³-hybridized carbons (Fsp3) is 0.444. The molecule has 1 N–H and O–H groups in total. The van der Waals surface area contributed by atoms with Crippen molar-refractivity contribution in [1.29, 1.82) is 0 Å². The maximum absolute atomic E-state index is 11.7. The van der Waals surface area contributed by atoms with Gasteiger partial charge in [-0.3, -0.25) is 0 Å². The van der Waals surface area contributed by atoms with Crippen LogP contribution in [0.3, 0.4) is 0 Å². The van der Waals surface area contributed by atoms with Crippen LogP contribution in [0.2, 0.25) is 5.15 Å². The van der Waals surface area contributed by atoms with E-state index in [0.717, 1.165) is 24.3 Å². The number of fused-ring (bicyclic) bond motifs is 1. The summed E-state index contributed by atoms with van der Waals surface area (Å²) in [6.07, 6.45) is 1.73. The van der Waals surface area contributed by atoms with E-state index in [1.165, 1.54) is 24.0 Å². The first-order valence-corrected chi connectivity index (χ1v) is 9.77. The van der Waals surface area contributed by atoms with Gasteiger partial charge in [-0.05, 0) is 30.5 Å². The molecule has 4 rings (SSSR count). The van der Waals surface area contributed by atoms with E-state index in [1.54, 1.807) is 0 Å². The molecule has 2 aliphatic heterocycles. The summed E-state index contributed by atoms with van der Waals surface area (Å²) in [6.45, 7) is 2.26. The molecular formula is C18H19ClN2O5S. The average molecular weight is 411 g/mol. The van der Waals surface area contributed by atoms with Crippen molar-refractivity contribution in [3.8, 4) is 11.5 Å². The third-order valence-corrected chi connectivity index (χ3v) is 6.35. The van der Waals surface area contributed by atoms with Crippen LogP contribution in [0, 0.1) is 0 Å². The van der Waals surface area contributed by atoms with Gasteiger partial charge in [0.2, 0.25) is 6.79 Å². The van der Waals surface area contributed by atoms with Gasteiger partial charge in [0.15, 0.2) is 26.7 Å². The minimum Gasteiger partial charge on any atom is -0.465 e. The van der Waals surface area contributed by atoms with Crippen molar-refractivity contribution in [2.45, 2.75) is 18.3 Å². The Morgan fingerprint density at radius 3 is 2.89 bits per heavy atom. The Bertz CT molecular complexity index is 850. The second kappa shape index (κ2) is 7.53. The smallest absolute Gasteiger partial charge is 0.351 e. The molecule has 0 bridgehead atoms. The van der Waals surface area contributed by atoms with Gasteiger partial charge in [0.05, 0.1) is 7.11 Å². The maximum atomic E-state index is 11.7. The Labute approximate surface area is 165 Å². The zero-order chi connectivity index (χ0) is 18.9. The van der Waals surface area contributed by atoms with Crippen LogP contribution in [-0.4, -0.2) is 44.6 Å². The summed E-state index contributed by atoms with van der Waals surface area (Å²) in [7, 11) is 1.32. The van der Waals surface area contributed by atoms with Crippen LogP contribution >= 0.6 is 22.9 Å². The highest BCUT2D eigenvalue weighted by Crippen LogP contribution is 2.41. The average Bonchev–Trinajstić information content (AvgIpc) is 3.32. The van der Waals surface area contributed by atoms with Gasteiger partial charge in [-0.2, -0.15) is 0 Å². The zero-order valence-corrected chi connectivity index (χ0v) is 16.3. The predicted molar refractivity (Wildman–Crippen MR) is 101 cm³/mol. The Hall–Kier alpha value is -2.03. The molecule has 7 nitrogen and oxygen atoms in total. The summed E-state index contributed by atoms with van der Waals surface area (Å²) in [6, 6.07) is 6.07. The summed E-state index contributed by atoms with van der Waals surface area (Å²) in [5.41, 5.74) is 1.03. The summed E-state index contributed by atoms with van der Waals surface area (Å²) in [5, 5.41) is 4.09. The van der Waals surface area contributed by atoms with E-state index in [0.29, 0.717) is 29.8 Å². The molecule has 0 radical (unpaired) electrons. The molecule has 3 heterocycles. The molecule has 1 fully saturated rings. The largest absolute Gasteiger partial charge is 0.465 e. The number of thiazole rings is 1. The third-order valence-electron chi connectivity index (χ3n) is 4.97. The number of hydrogen-bond donors (Lipinski definition) is 1. The number of carbonyl (C=O) groups is 1. The van der Waals surface area contributed by atoms with Crippen molar-refractivity contribution in [3.05, 3.63) is 33.8 Å². The van der Waals surface area contributed by atoms with Gasteiger partial charge in [0.25, 0.3) is 0 Å². The van der Waals surface area contributed by atoms with Gasteiger partial charge >= 0.3 is 5.97 Å². The summed E-state index contributed by atoms with van der Waals surface area (Å²) in [5.74, 6) is 1.05. The van der Waals surface area contributed by atoms with Crippen LogP contribution < -0.4 is 14.8 Å². The van der Waals surface area contributed by atoms with Gasteiger partial charge in [0.1, 0.15) is 0 Å². The molecule has 1 saturated heterocycles. The monoisotopic (exact) mass is 410 g/mol. The van der Waals surface area contributed by atoms with E-state index in [1.807, 2.05) is 12.1 Å². The molecule has 0 aliphatic carbocycles. The van der Waals surface area contributed by atoms with Gasteiger partial charge in [0, 0.05) is 25.2 Å². The first-order valence-electron chi connectivity index (χ1n) is 8.58. The number of aromatic nitrogens is 1. The molecule has 0 saturated carbocycles. The summed E-state index contributed by atoms with van der Waals surface area (Å²) < 4.78 is 21.3. The van der Waals surface area contributed by atoms with E-state index in [-0.39, 0.29) is 17.4 Å². The number of anilines is 1. The first-order chi connectivity index (χ1) is 13.1. The number of hydrogen-bond acceptors (Lipinski definition) is 8. The lowest BCUT2D eigenvalue weighted by molar-refractivity contribution is 0.0543. The van der Waals surface area contributed by atoms with E-state index in [2.05, 4.69) is 16.4 Å². The van der Waals surface area contributed by atoms with E-state index in [9.17, 15) is 4.79 Å². The van der Waals surface area contributed by atoms with Gasteiger partial charge < -0.3 is 24.3 Å². The van der Waals surface area contributed by atoms with Crippen molar-refractivity contribution >= 4 is 34.0 Å². The standard InChI is InChI=1S/C18H19ClN2O5S/c1-23-16(22)14-15(19)21-17(27-14)20-9-18(4-6-24-7-5-18)11-2-3-12-13(8-11)26-10-25-12/h2-3,8H,4-7,9-10H2,1H3,(H,20,21). The van der Waals surface area contributed by atoms with Crippen LogP contribution in [0.25, 0.3) is 0 Å². The first kappa shape index (κ1) is 18.3. The molecular weight excluding hydrogens is 392 g/mol. The Morgan fingerprint density at radius 2 is 2.11 bits per heavy atom. The number of ether oxygens (including phenoxy) is 4. The lowest BCUT2D eigenvalue weighted by Gasteiger charge is -2.38. The van der Waals surface area contributed by atoms with E-state index < -0.39 is 5.97 Å². The predicted octanol–water partition coefficient (Wildman–Crippen LogP) is 3.47. The zero-order valence-electron chi connectivity index (χ0n) is 14.7. The number of halogens is 1. The van der Waals surface area contributed by atoms with Crippen molar-refractivity contribution in [2.24, 2.45) is 0 Å². The highest BCUT2D eigenvalue weighted by Gasteiger charge is 2.36. The molecule has 144 valence electrons.